The fourth-order valence-corrected chi connectivity index (χ4v) is 10.6. The zero-order valence-electron chi connectivity index (χ0n) is 19.8. The van der Waals surface area contributed by atoms with Gasteiger partial charge in [0.05, 0.1) is 0 Å². The van der Waals surface area contributed by atoms with E-state index in [1.54, 1.807) is 0 Å². The van der Waals surface area contributed by atoms with Crippen LogP contribution in [0.4, 0.5) is 4.79 Å². The van der Waals surface area contributed by atoms with Gasteiger partial charge in [0.15, 0.2) is 0 Å². The normalized spacial score (nSPS) is 22.7. The second-order valence-corrected chi connectivity index (χ2v) is 16.0. The fraction of sp³-hybridized carbons (Fsp3) is 0.955. The first-order valence-electron chi connectivity index (χ1n) is 11.2. The van der Waals surface area contributed by atoms with Crippen molar-refractivity contribution < 1.29 is 14.0 Å². The van der Waals surface area contributed by atoms with Crippen molar-refractivity contribution in [2.45, 2.75) is 123 Å². The minimum atomic E-state index is -1.81. The van der Waals surface area contributed by atoms with Crippen molar-refractivity contribution in [1.29, 1.82) is 0 Å². The van der Waals surface area contributed by atoms with E-state index in [9.17, 15) is 4.79 Å². The third kappa shape index (κ3) is 6.73. The molecule has 1 rings (SSSR count). The van der Waals surface area contributed by atoms with E-state index in [0.29, 0.717) is 35.3 Å². The van der Waals surface area contributed by atoms with Gasteiger partial charge in [0, 0.05) is 24.1 Å². The molecule has 166 valence electrons. The topological polar surface area (TPSA) is 73.6 Å². The van der Waals surface area contributed by atoms with Gasteiger partial charge in [0.25, 0.3) is 0 Å². The average molecular weight is 415 g/mol. The van der Waals surface area contributed by atoms with Gasteiger partial charge in [-0.1, -0.05) is 62.3 Å². The summed E-state index contributed by atoms with van der Waals surface area (Å²) in [5.74, 6) is 0. The van der Waals surface area contributed by atoms with E-state index < -0.39 is 14.4 Å². The van der Waals surface area contributed by atoms with Crippen LogP contribution in [-0.2, 0) is 9.16 Å². The van der Waals surface area contributed by atoms with Crippen LogP contribution in [0.15, 0.2) is 0 Å². The zero-order valence-corrected chi connectivity index (χ0v) is 20.8. The molecule has 1 aliphatic carbocycles. The van der Waals surface area contributed by atoms with Crippen LogP contribution in [0, 0.1) is 5.41 Å². The lowest BCUT2D eigenvalue weighted by Gasteiger charge is -2.46. The molecule has 0 aromatic carbocycles. The molecule has 28 heavy (non-hydrogen) atoms. The number of nitrogens with one attached hydrogen (secondary N) is 1. The Bertz CT molecular complexity index is 459. The number of primary amides is 1. The third-order valence-corrected chi connectivity index (χ3v) is 12.7. The number of hydrogen-bond donors (Lipinski definition) is 2. The number of nitrogens with two attached hydrogens (primary N) is 1. The van der Waals surface area contributed by atoms with Gasteiger partial charge < -0.3 is 20.2 Å². The Hall–Kier alpha value is -0.593. The minimum absolute atomic E-state index is 0.140. The maximum Gasteiger partial charge on any atom is 0.404 e. The average Bonchev–Trinajstić information content (AvgIpc) is 2.55. The molecule has 3 N–H and O–H groups in total. The highest BCUT2D eigenvalue weighted by molar-refractivity contribution is 6.77. The molecule has 0 spiro atoms. The zero-order chi connectivity index (χ0) is 21.7. The highest BCUT2D eigenvalue weighted by Gasteiger charge is 2.46. The summed E-state index contributed by atoms with van der Waals surface area (Å²) in [6.07, 6.45) is 3.90. The summed E-state index contributed by atoms with van der Waals surface area (Å²) in [6.45, 7) is 21.0. The number of amides is 1. The molecule has 1 amide bonds. The van der Waals surface area contributed by atoms with Crippen molar-refractivity contribution in [2.75, 3.05) is 6.54 Å². The molecule has 0 radical (unpaired) electrons. The number of carbonyl (C=O) groups is 1. The highest BCUT2D eigenvalue weighted by atomic mass is 28.4. The lowest BCUT2D eigenvalue weighted by atomic mass is 9.88. The first kappa shape index (κ1) is 25.4. The minimum Gasteiger partial charge on any atom is -0.444 e. The lowest BCUT2D eigenvalue weighted by molar-refractivity contribution is 0.0329. The summed E-state index contributed by atoms with van der Waals surface area (Å²) >= 11 is 0. The van der Waals surface area contributed by atoms with Crippen LogP contribution in [0.3, 0.4) is 0 Å². The van der Waals surface area contributed by atoms with Gasteiger partial charge in [-0.15, -0.1) is 0 Å². The van der Waals surface area contributed by atoms with E-state index in [0.717, 1.165) is 25.7 Å². The molecular weight excluding hydrogens is 368 g/mol. The van der Waals surface area contributed by atoms with Gasteiger partial charge in [0.1, 0.15) is 6.10 Å². The van der Waals surface area contributed by atoms with Crippen LogP contribution in [-0.4, -0.2) is 39.2 Å². The molecule has 0 saturated heterocycles. The Morgan fingerprint density at radius 1 is 1.00 bits per heavy atom. The molecule has 1 fully saturated rings. The second kappa shape index (κ2) is 10.4. The molecule has 1 atom stereocenters. The summed E-state index contributed by atoms with van der Waals surface area (Å²) < 4.78 is 12.3. The predicted octanol–water partition coefficient (Wildman–Crippen LogP) is 5.59. The number of rotatable bonds is 9. The molecule has 1 aliphatic rings. The molecule has 5 nitrogen and oxygen atoms in total. The summed E-state index contributed by atoms with van der Waals surface area (Å²) in [7, 11) is -1.81. The van der Waals surface area contributed by atoms with E-state index in [4.69, 9.17) is 14.9 Å². The maximum atomic E-state index is 11.2. The van der Waals surface area contributed by atoms with Crippen molar-refractivity contribution in [3.05, 3.63) is 0 Å². The molecule has 0 bridgehead atoms. The summed E-state index contributed by atoms with van der Waals surface area (Å²) in [6, 6.07) is 0.453. The van der Waals surface area contributed by atoms with Crippen LogP contribution < -0.4 is 11.1 Å². The van der Waals surface area contributed by atoms with Crippen molar-refractivity contribution in [1.82, 2.24) is 5.32 Å². The fourth-order valence-electron chi connectivity index (χ4n) is 5.02. The summed E-state index contributed by atoms with van der Waals surface area (Å²) in [5, 5.41) is 3.61. The van der Waals surface area contributed by atoms with Gasteiger partial charge in [0.2, 0.25) is 8.32 Å². The van der Waals surface area contributed by atoms with Crippen molar-refractivity contribution in [3.8, 4) is 0 Å². The van der Waals surface area contributed by atoms with E-state index in [1.165, 1.54) is 0 Å². The molecule has 1 saturated carbocycles. The van der Waals surface area contributed by atoms with Gasteiger partial charge >= 0.3 is 6.09 Å². The Labute approximate surface area is 174 Å². The molecule has 0 aromatic rings. The van der Waals surface area contributed by atoms with Crippen LogP contribution in [0.25, 0.3) is 0 Å². The van der Waals surface area contributed by atoms with Gasteiger partial charge in [-0.25, -0.2) is 4.79 Å². The molecule has 0 heterocycles. The van der Waals surface area contributed by atoms with E-state index in [2.05, 4.69) is 67.6 Å². The van der Waals surface area contributed by atoms with Crippen LogP contribution in [0.1, 0.15) is 88.0 Å². The standard InChI is InChI=1S/C22H46N2O3Si/c1-15(2)28(16(3)4,17(5)6)27-19-12-10-18(11-13-19)24-14-20(22(7,8)9)26-21(23)25/h15-20,24H,10-14H2,1-9H3,(H2,23,25)/t18-,19-,20?. The van der Waals surface area contributed by atoms with Crippen LogP contribution in [0.5, 0.6) is 0 Å². The Morgan fingerprint density at radius 2 is 1.46 bits per heavy atom. The van der Waals surface area contributed by atoms with Gasteiger partial charge in [-0.3, -0.25) is 0 Å². The van der Waals surface area contributed by atoms with Gasteiger partial charge in [-0.05, 0) is 42.3 Å². The van der Waals surface area contributed by atoms with E-state index >= 15 is 0 Å². The highest BCUT2D eigenvalue weighted by Crippen LogP contribution is 2.44. The van der Waals surface area contributed by atoms with E-state index in [-0.39, 0.29) is 11.5 Å². The monoisotopic (exact) mass is 414 g/mol. The molecule has 1 unspecified atom stereocenters. The van der Waals surface area contributed by atoms with Crippen molar-refractivity contribution >= 4 is 14.4 Å². The number of ether oxygens (including phenoxy) is 1. The quantitative estimate of drug-likeness (QED) is 0.482. The Kier molecular flexibility index (Phi) is 9.49. The van der Waals surface area contributed by atoms with Crippen molar-refractivity contribution in [2.24, 2.45) is 11.1 Å². The van der Waals surface area contributed by atoms with Crippen molar-refractivity contribution in [3.63, 3.8) is 0 Å². The predicted molar refractivity (Wildman–Crippen MR) is 120 cm³/mol. The lowest BCUT2D eigenvalue weighted by Crippen LogP contribution is -2.51. The summed E-state index contributed by atoms with van der Waals surface area (Å²) in [5.41, 5.74) is 6.99. The molecular formula is C22H46N2O3Si. The first-order valence-corrected chi connectivity index (χ1v) is 13.3. The van der Waals surface area contributed by atoms with E-state index in [1.807, 2.05) is 0 Å². The number of hydrogen-bond acceptors (Lipinski definition) is 4. The Morgan fingerprint density at radius 3 is 1.82 bits per heavy atom. The number of carbonyl (C=O) groups excluding carboxylic acids is 1. The Balaban J connectivity index is 2.61. The first-order chi connectivity index (χ1) is 12.8. The van der Waals surface area contributed by atoms with Gasteiger partial charge in [-0.2, -0.15) is 0 Å². The maximum absolute atomic E-state index is 11.2. The molecule has 6 heteroatoms. The van der Waals surface area contributed by atoms with Crippen LogP contribution >= 0.6 is 0 Å². The molecule has 0 aliphatic heterocycles. The largest absolute Gasteiger partial charge is 0.444 e. The molecule has 0 aromatic heterocycles. The third-order valence-electron chi connectivity index (χ3n) is 6.57. The van der Waals surface area contributed by atoms with Crippen LogP contribution in [0.2, 0.25) is 16.6 Å². The SMILES string of the molecule is CC(C)[Si](O[C@H]1CC[C@H](NCC(OC(N)=O)C(C)(C)C)CC1)(C(C)C)C(C)C. The summed E-state index contributed by atoms with van der Waals surface area (Å²) in [4.78, 5) is 11.2. The second-order valence-electron chi connectivity index (χ2n) is 10.6. The smallest absolute Gasteiger partial charge is 0.404 e.